The van der Waals surface area contributed by atoms with Crippen molar-refractivity contribution < 1.29 is 0 Å². The lowest BCUT2D eigenvalue weighted by Gasteiger charge is -2.14. The largest absolute Gasteiger partial charge is 0.307 e. The third-order valence-electron chi connectivity index (χ3n) is 8.24. The first-order valence-electron chi connectivity index (χ1n) is 13.9. The van der Waals surface area contributed by atoms with Gasteiger partial charge in [0.05, 0.1) is 33.1 Å². The normalized spacial score (nSPS) is 11.9. The highest BCUT2D eigenvalue weighted by molar-refractivity contribution is 6.23. The minimum atomic E-state index is 0.876. The number of hydrogen-bond donors (Lipinski definition) is 0. The molecule has 4 nitrogen and oxygen atoms in total. The van der Waals surface area contributed by atoms with E-state index in [1.807, 2.05) is 0 Å². The highest BCUT2D eigenvalue weighted by atomic mass is 15.3. The molecule has 6 aromatic carbocycles. The van der Waals surface area contributed by atoms with E-state index < -0.39 is 0 Å². The average Bonchev–Trinajstić information content (AvgIpc) is 3.69. The molecule has 0 unspecified atom stereocenters. The van der Waals surface area contributed by atoms with Gasteiger partial charge >= 0.3 is 0 Å². The van der Waals surface area contributed by atoms with Crippen LogP contribution in [0, 0.1) is 0 Å². The van der Waals surface area contributed by atoms with Gasteiger partial charge in [0.25, 0.3) is 0 Å². The second-order valence-corrected chi connectivity index (χ2v) is 10.5. The van der Waals surface area contributed by atoms with Crippen molar-refractivity contribution >= 4 is 54.6 Å². The molecule has 0 radical (unpaired) electrons. The topological polar surface area (TPSA) is 27.7 Å². The van der Waals surface area contributed by atoms with Crippen LogP contribution in [0.25, 0.3) is 72.0 Å². The molecule has 0 fully saturated rings. The van der Waals surface area contributed by atoms with E-state index in [1.165, 1.54) is 32.6 Å². The standard InChI is InChI=1S/C37H24N4/c1-3-13-25(14-4-1)39-32-20-10-7-17-27(32)29-23-24-30-28-18-8-11-21-33(28)41(36(30)35(29)39)37-38-31-19-9-12-22-34(31)40(37)26-15-5-2-6-16-26/h1-24H. The monoisotopic (exact) mass is 524 g/mol. The van der Waals surface area contributed by atoms with Crippen LogP contribution in [-0.2, 0) is 0 Å². The maximum atomic E-state index is 5.31. The second-order valence-electron chi connectivity index (χ2n) is 10.5. The van der Waals surface area contributed by atoms with Gasteiger partial charge in [0.2, 0.25) is 5.95 Å². The average molecular weight is 525 g/mol. The Morgan fingerprint density at radius 2 is 0.805 bits per heavy atom. The van der Waals surface area contributed by atoms with Crippen molar-refractivity contribution in [1.82, 2.24) is 18.7 Å². The van der Waals surface area contributed by atoms with Gasteiger partial charge in [-0.3, -0.25) is 9.13 Å². The minimum absolute atomic E-state index is 0.876. The number of imidazole rings is 1. The number of aromatic nitrogens is 4. The van der Waals surface area contributed by atoms with E-state index in [1.54, 1.807) is 0 Å². The zero-order chi connectivity index (χ0) is 26.9. The molecule has 0 N–H and O–H groups in total. The van der Waals surface area contributed by atoms with Crippen molar-refractivity contribution in [2.24, 2.45) is 0 Å². The first kappa shape index (κ1) is 22.2. The summed E-state index contributed by atoms with van der Waals surface area (Å²) in [6.07, 6.45) is 0. The van der Waals surface area contributed by atoms with Crippen LogP contribution in [0.4, 0.5) is 0 Å². The van der Waals surface area contributed by atoms with Gasteiger partial charge in [-0.15, -0.1) is 0 Å². The Bertz CT molecular complexity index is 2410. The predicted octanol–water partition coefficient (Wildman–Crippen LogP) is 9.22. The highest BCUT2D eigenvalue weighted by Gasteiger charge is 2.24. The van der Waals surface area contributed by atoms with Crippen molar-refractivity contribution in [2.75, 3.05) is 0 Å². The van der Waals surface area contributed by atoms with Crippen molar-refractivity contribution in [3.05, 3.63) is 146 Å². The maximum absolute atomic E-state index is 5.31. The molecular weight excluding hydrogens is 500 g/mol. The van der Waals surface area contributed by atoms with Crippen molar-refractivity contribution in [3.63, 3.8) is 0 Å². The Kier molecular flexibility index (Phi) is 4.58. The van der Waals surface area contributed by atoms with E-state index in [-0.39, 0.29) is 0 Å². The molecule has 4 heteroatoms. The number of rotatable bonds is 3. The number of para-hydroxylation sites is 6. The Morgan fingerprint density at radius 3 is 1.44 bits per heavy atom. The van der Waals surface area contributed by atoms with Gasteiger partial charge in [-0.2, -0.15) is 0 Å². The van der Waals surface area contributed by atoms with Crippen LogP contribution in [0.3, 0.4) is 0 Å². The van der Waals surface area contributed by atoms with Gasteiger partial charge < -0.3 is 4.57 Å². The van der Waals surface area contributed by atoms with E-state index in [2.05, 4.69) is 159 Å². The summed E-state index contributed by atoms with van der Waals surface area (Å²) in [4.78, 5) is 5.31. The van der Waals surface area contributed by atoms with Gasteiger partial charge in [0.1, 0.15) is 0 Å². The summed E-state index contributed by atoms with van der Waals surface area (Å²) in [5, 5.41) is 4.88. The molecule has 0 spiro atoms. The Hall–Kier alpha value is -5.61. The number of fused-ring (bicyclic) bond motifs is 8. The Balaban J connectivity index is 1.55. The second kappa shape index (κ2) is 8.44. The summed E-state index contributed by atoms with van der Waals surface area (Å²) in [6.45, 7) is 0. The minimum Gasteiger partial charge on any atom is -0.307 e. The van der Waals surface area contributed by atoms with Gasteiger partial charge in [-0.1, -0.05) is 97.1 Å². The van der Waals surface area contributed by atoms with Crippen LogP contribution in [0.15, 0.2) is 146 Å². The third kappa shape index (κ3) is 3.07. The zero-order valence-electron chi connectivity index (χ0n) is 22.1. The third-order valence-corrected chi connectivity index (χ3v) is 8.24. The Labute approximate surface area is 235 Å². The Morgan fingerprint density at radius 1 is 0.341 bits per heavy atom. The molecule has 192 valence electrons. The molecule has 3 aromatic heterocycles. The van der Waals surface area contributed by atoms with Gasteiger partial charge in [0, 0.05) is 32.9 Å². The van der Waals surface area contributed by atoms with E-state index >= 15 is 0 Å². The predicted molar refractivity (Wildman–Crippen MR) is 170 cm³/mol. The summed E-state index contributed by atoms with van der Waals surface area (Å²) in [5.41, 5.74) is 8.91. The van der Waals surface area contributed by atoms with Crippen LogP contribution in [0.2, 0.25) is 0 Å². The highest BCUT2D eigenvalue weighted by Crippen LogP contribution is 2.42. The fraction of sp³-hybridized carbons (Fsp3) is 0. The molecule has 0 bridgehead atoms. The molecule has 9 aromatic rings. The van der Waals surface area contributed by atoms with E-state index in [0.29, 0.717) is 0 Å². The molecule has 0 amide bonds. The molecule has 0 aliphatic carbocycles. The lowest BCUT2D eigenvalue weighted by Crippen LogP contribution is -2.06. The summed E-state index contributed by atoms with van der Waals surface area (Å²) in [6, 6.07) is 51.6. The number of benzene rings is 6. The maximum Gasteiger partial charge on any atom is 0.220 e. The SMILES string of the molecule is c1ccc(-n2c(-n3c4ccccc4c4ccc5c6ccccc6n(-c6ccccc6)c5c43)nc3ccccc32)cc1. The van der Waals surface area contributed by atoms with Gasteiger partial charge in [-0.25, -0.2) is 4.98 Å². The molecule has 0 aliphatic heterocycles. The molecule has 0 saturated carbocycles. The molecule has 0 atom stereocenters. The van der Waals surface area contributed by atoms with Crippen LogP contribution in [-0.4, -0.2) is 18.7 Å². The van der Waals surface area contributed by atoms with Crippen LogP contribution in [0.5, 0.6) is 0 Å². The molecule has 9 rings (SSSR count). The summed E-state index contributed by atoms with van der Waals surface area (Å²) < 4.78 is 7.08. The quantitative estimate of drug-likeness (QED) is 0.226. The van der Waals surface area contributed by atoms with Crippen molar-refractivity contribution in [3.8, 4) is 17.3 Å². The van der Waals surface area contributed by atoms with E-state index in [9.17, 15) is 0 Å². The molecule has 41 heavy (non-hydrogen) atoms. The van der Waals surface area contributed by atoms with Crippen LogP contribution >= 0.6 is 0 Å². The molecular formula is C37H24N4. The van der Waals surface area contributed by atoms with Gasteiger partial charge in [-0.05, 0) is 48.5 Å². The van der Waals surface area contributed by atoms with Crippen LogP contribution < -0.4 is 0 Å². The zero-order valence-corrected chi connectivity index (χ0v) is 22.1. The lowest BCUT2D eigenvalue weighted by atomic mass is 10.1. The van der Waals surface area contributed by atoms with Crippen molar-refractivity contribution in [2.45, 2.75) is 0 Å². The van der Waals surface area contributed by atoms with E-state index in [4.69, 9.17) is 4.98 Å². The van der Waals surface area contributed by atoms with Crippen LogP contribution in [0.1, 0.15) is 0 Å². The van der Waals surface area contributed by atoms with Gasteiger partial charge in [0.15, 0.2) is 0 Å². The first-order valence-corrected chi connectivity index (χ1v) is 13.9. The summed E-state index contributed by atoms with van der Waals surface area (Å²) in [7, 11) is 0. The molecule has 0 saturated heterocycles. The number of hydrogen-bond acceptors (Lipinski definition) is 1. The number of nitrogens with zero attached hydrogens (tertiary/aromatic N) is 4. The van der Waals surface area contributed by atoms with E-state index in [0.717, 1.165) is 39.4 Å². The first-order chi connectivity index (χ1) is 20.4. The fourth-order valence-corrected chi connectivity index (χ4v) is 6.55. The lowest BCUT2D eigenvalue weighted by molar-refractivity contribution is 0.955. The fourth-order valence-electron chi connectivity index (χ4n) is 6.55. The summed E-state index contributed by atoms with van der Waals surface area (Å²) in [5.74, 6) is 0.876. The molecule has 0 aliphatic rings. The summed E-state index contributed by atoms with van der Waals surface area (Å²) >= 11 is 0. The molecule has 3 heterocycles. The van der Waals surface area contributed by atoms with Crippen molar-refractivity contribution in [1.29, 1.82) is 0 Å². The smallest absolute Gasteiger partial charge is 0.220 e.